The van der Waals surface area contributed by atoms with Crippen LogP contribution in [0.3, 0.4) is 0 Å². The molecule has 0 saturated carbocycles. The molecule has 116 valence electrons. The maximum absolute atomic E-state index is 12.6. The molecule has 0 amide bonds. The van der Waals surface area contributed by atoms with Crippen molar-refractivity contribution in [2.24, 2.45) is 0 Å². The lowest BCUT2D eigenvalue weighted by Gasteiger charge is -2.06. The molecule has 2 aromatic rings. The fourth-order valence-corrected chi connectivity index (χ4v) is 1.73. The molecule has 2 heterocycles. The molecule has 4 nitrogen and oxygen atoms in total. The number of fused-ring (bicyclic) bond motifs is 1. The molecule has 2 aromatic heterocycles. The van der Waals surface area contributed by atoms with Crippen LogP contribution in [0.2, 0.25) is 0 Å². The second-order valence-corrected chi connectivity index (χ2v) is 3.94. The van der Waals surface area contributed by atoms with Crippen molar-refractivity contribution < 1.29 is 22.7 Å². The van der Waals surface area contributed by atoms with Gasteiger partial charge in [0.25, 0.3) is 0 Å². The zero-order chi connectivity index (χ0) is 16.2. The number of carbonyl (C=O) groups excluding carboxylic acids is 1. The van der Waals surface area contributed by atoms with Crippen LogP contribution in [0, 0.1) is 6.92 Å². The number of ether oxygens (including phenoxy) is 1. The summed E-state index contributed by atoms with van der Waals surface area (Å²) in [6.07, 6.45) is -3.25. The number of hydrogen-bond acceptors (Lipinski definition) is 3. The van der Waals surface area contributed by atoms with E-state index in [1.807, 2.05) is 13.8 Å². The fourth-order valence-electron chi connectivity index (χ4n) is 1.73. The molecule has 0 bridgehead atoms. The molecule has 0 aliphatic carbocycles. The molecule has 0 fully saturated rings. The Kier molecular flexibility index (Phi) is 5.34. The van der Waals surface area contributed by atoms with Gasteiger partial charge in [-0.3, -0.25) is 0 Å². The van der Waals surface area contributed by atoms with Crippen molar-refractivity contribution in [3.05, 3.63) is 35.2 Å². The highest BCUT2D eigenvalue weighted by molar-refractivity contribution is 5.91. The lowest BCUT2D eigenvalue weighted by atomic mass is 10.2. The SMILES string of the molecule is CC.CCOC(=O)c1nn2ccc(C(F)(F)F)cc2c1C. The number of aryl methyl sites for hydroxylation is 1. The normalized spacial score (nSPS) is 11.0. The molecule has 0 aliphatic heterocycles. The number of esters is 1. The first-order valence-corrected chi connectivity index (χ1v) is 6.58. The van der Waals surface area contributed by atoms with Gasteiger partial charge in [-0.1, -0.05) is 13.8 Å². The quantitative estimate of drug-likeness (QED) is 0.791. The molecule has 0 aliphatic rings. The number of hydrogen-bond donors (Lipinski definition) is 0. The van der Waals surface area contributed by atoms with Crippen LogP contribution in [-0.2, 0) is 10.9 Å². The third-order valence-electron chi connectivity index (χ3n) is 2.68. The van der Waals surface area contributed by atoms with Gasteiger partial charge >= 0.3 is 12.1 Å². The van der Waals surface area contributed by atoms with E-state index in [1.165, 1.54) is 17.6 Å². The smallest absolute Gasteiger partial charge is 0.416 e. The third-order valence-corrected chi connectivity index (χ3v) is 2.68. The molecular weight excluding hydrogens is 285 g/mol. The number of pyridine rings is 1. The second-order valence-electron chi connectivity index (χ2n) is 3.94. The maximum atomic E-state index is 12.6. The van der Waals surface area contributed by atoms with E-state index >= 15 is 0 Å². The van der Waals surface area contributed by atoms with Crippen LogP contribution in [0.25, 0.3) is 5.52 Å². The zero-order valence-corrected chi connectivity index (χ0v) is 12.3. The Morgan fingerprint density at radius 3 is 2.52 bits per heavy atom. The number of aromatic nitrogens is 2. The van der Waals surface area contributed by atoms with Crippen molar-refractivity contribution in [1.29, 1.82) is 0 Å². The van der Waals surface area contributed by atoms with Crippen LogP contribution in [0.5, 0.6) is 0 Å². The number of halogens is 3. The summed E-state index contributed by atoms with van der Waals surface area (Å²) in [5.74, 6) is -0.641. The maximum Gasteiger partial charge on any atom is 0.416 e. The average Bonchev–Trinajstić information content (AvgIpc) is 2.77. The first-order valence-electron chi connectivity index (χ1n) is 6.58. The first kappa shape index (κ1) is 17.0. The number of alkyl halides is 3. The minimum atomic E-state index is -4.43. The molecule has 0 saturated heterocycles. The zero-order valence-electron chi connectivity index (χ0n) is 12.3. The van der Waals surface area contributed by atoms with E-state index in [9.17, 15) is 18.0 Å². The Morgan fingerprint density at radius 1 is 1.38 bits per heavy atom. The monoisotopic (exact) mass is 302 g/mol. The van der Waals surface area contributed by atoms with Crippen LogP contribution in [0.1, 0.15) is 42.4 Å². The number of rotatable bonds is 2. The van der Waals surface area contributed by atoms with E-state index in [1.54, 1.807) is 6.92 Å². The Morgan fingerprint density at radius 2 is 2.00 bits per heavy atom. The average molecular weight is 302 g/mol. The molecule has 0 atom stereocenters. The van der Waals surface area contributed by atoms with Crippen LogP contribution < -0.4 is 0 Å². The molecular formula is C14H17F3N2O2. The van der Waals surface area contributed by atoms with Crippen molar-refractivity contribution in [3.63, 3.8) is 0 Å². The Hall–Kier alpha value is -2.05. The highest BCUT2D eigenvalue weighted by Gasteiger charge is 2.31. The first-order chi connectivity index (χ1) is 9.84. The Balaban J connectivity index is 0.00000106. The van der Waals surface area contributed by atoms with Crippen LogP contribution in [0.4, 0.5) is 13.2 Å². The van der Waals surface area contributed by atoms with Crippen molar-refractivity contribution in [1.82, 2.24) is 9.61 Å². The molecule has 0 unspecified atom stereocenters. The van der Waals surface area contributed by atoms with E-state index < -0.39 is 17.7 Å². The van der Waals surface area contributed by atoms with Gasteiger partial charge < -0.3 is 4.74 Å². The summed E-state index contributed by atoms with van der Waals surface area (Å²) < 4.78 is 43.9. The molecule has 0 aromatic carbocycles. The summed E-state index contributed by atoms with van der Waals surface area (Å²) in [4.78, 5) is 11.6. The summed E-state index contributed by atoms with van der Waals surface area (Å²) in [5, 5.41) is 3.93. The molecule has 2 rings (SSSR count). The summed E-state index contributed by atoms with van der Waals surface area (Å²) in [6.45, 7) is 7.36. The standard InChI is InChI=1S/C12H11F3N2O2.C2H6/c1-3-19-11(18)10-7(2)9-6-8(12(13,14)15)4-5-17(9)16-10;1-2/h4-6H,3H2,1-2H3;1-2H3. The van der Waals surface area contributed by atoms with E-state index in [0.717, 1.165) is 12.1 Å². The van der Waals surface area contributed by atoms with Crippen LogP contribution >= 0.6 is 0 Å². The lowest BCUT2D eigenvalue weighted by molar-refractivity contribution is -0.137. The van der Waals surface area contributed by atoms with Gasteiger partial charge in [0, 0.05) is 11.8 Å². The molecule has 0 radical (unpaired) electrons. The van der Waals surface area contributed by atoms with Crippen LogP contribution in [-0.4, -0.2) is 22.2 Å². The van der Waals surface area contributed by atoms with Crippen LogP contribution in [0.15, 0.2) is 18.3 Å². The second kappa shape index (κ2) is 6.60. The predicted octanol–water partition coefficient (Wildman–Crippen LogP) is 3.86. The minimum Gasteiger partial charge on any atom is -0.461 e. The van der Waals surface area contributed by atoms with E-state index in [4.69, 9.17) is 4.74 Å². The van der Waals surface area contributed by atoms with E-state index in [2.05, 4.69) is 5.10 Å². The molecule has 7 heteroatoms. The van der Waals surface area contributed by atoms with Gasteiger partial charge in [0.2, 0.25) is 0 Å². The van der Waals surface area contributed by atoms with Crippen molar-refractivity contribution >= 4 is 11.5 Å². The molecule has 0 N–H and O–H groups in total. The van der Waals surface area contributed by atoms with E-state index in [0.29, 0.717) is 5.56 Å². The van der Waals surface area contributed by atoms with Gasteiger partial charge in [-0.25, -0.2) is 9.31 Å². The minimum absolute atomic E-state index is 0.0289. The van der Waals surface area contributed by atoms with Gasteiger partial charge in [-0.15, -0.1) is 0 Å². The lowest BCUT2D eigenvalue weighted by Crippen LogP contribution is -2.06. The van der Waals surface area contributed by atoms with Gasteiger partial charge in [0.1, 0.15) is 0 Å². The third kappa shape index (κ3) is 3.53. The van der Waals surface area contributed by atoms with Gasteiger partial charge in [-0.2, -0.15) is 18.3 Å². The van der Waals surface area contributed by atoms with Gasteiger partial charge in [-0.05, 0) is 26.0 Å². The molecule has 21 heavy (non-hydrogen) atoms. The summed E-state index contributed by atoms with van der Waals surface area (Å²) >= 11 is 0. The molecule has 0 spiro atoms. The predicted molar refractivity (Wildman–Crippen MR) is 72.2 cm³/mol. The largest absolute Gasteiger partial charge is 0.461 e. The Labute approximate surface area is 120 Å². The number of carbonyl (C=O) groups is 1. The van der Waals surface area contributed by atoms with E-state index in [-0.39, 0.29) is 17.8 Å². The van der Waals surface area contributed by atoms with Crippen molar-refractivity contribution in [2.45, 2.75) is 33.9 Å². The highest BCUT2D eigenvalue weighted by Crippen LogP contribution is 2.30. The fraction of sp³-hybridized carbons (Fsp3) is 0.429. The summed E-state index contributed by atoms with van der Waals surface area (Å²) in [7, 11) is 0. The summed E-state index contributed by atoms with van der Waals surface area (Å²) in [5.41, 5.74) is -0.151. The summed E-state index contributed by atoms with van der Waals surface area (Å²) in [6, 6.07) is 1.87. The van der Waals surface area contributed by atoms with Gasteiger partial charge in [0.05, 0.1) is 17.7 Å². The van der Waals surface area contributed by atoms with Crippen molar-refractivity contribution in [3.8, 4) is 0 Å². The number of nitrogens with zero attached hydrogens (tertiary/aromatic N) is 2. The highest BCUT2D eigenvalue weighted by atomic mass is 19.4. The Bertz CT molecular complexity index is 633. The van der Waals surface area contributed by atoms with Gasteiger partial charge in [0.15, 0.2) is 5.69 Å². The topological polar surface area (TPSA) is 43.6 Å². The van der Waals surface area contributed by atoms with Crippen molar-refractivity contribution in [2.75, 3.05) is 6.61 Å².